The zero-order chi connectivity index (χ0) is 29.9. The van der Waals surface area contributed by atoms with E-state index in [9.17, 15) is 13.2 Å². The van der Waals surface area contributed by atoms with Gasteiger partial charge in [-0.05, 0) is 60.5 Å². The monoisotopic (exact) mass is 575 g/mol. The summed E-state index contributed by atoms with van der Waals surface area (Å²) in [7, 11) is 3.61. The first-order valence-electron chi connectivity index (χ1n) is 13.5. The number of benzene rings is 2. The molecule has 1 saturated heterocycles. The summed E-state index contributed by atoms with van der Waals surface area (Å²) in [4.78, 5) is 21.4. The van der Waals surface area contributed by atoms with Crippen LogP contribution in [0.15, 0.2) is 65.9 Å². The van der Waals surface area contributed by atoms with Crippen LogP contribution in [0.5, 0.6) is 11.6 Å². The number of nitrogens with zero attached hydrogens (tertiary/aromatic N) is 6. The maximum absolute atomic E-state index is 14.2. The molecule has 2 aromatic carbocycles. The molecule has 0 aliphatic carbocycles. The molecule has 0 saturated carbocycles. The van der Waals surface area contributed by atoms with Crippen LogP contribution in [0.25, 0.3) is 22.5 Å². The first-order chi connectivity index (χ1) is 20.1. The van der Waals surface area contributed by atoms with Crippen molar-refractivity contribution in [3.8, 4) is 34.1 Å². The molecular formula is C31H32F3N7O. The van der Waals surface area contributed by atoms with Crippen molar-refractivity contribution in [3.05, 3.63) is 83.2 Å². The zero-order valence-electron chi connectivity index (χ0n) is 23.7. The van der Waals surface area contributed by atoms with Gasteiger partial charge in [0.1, 0.15) is 11.6 Å². The predicted octanol–water partition coefficient (Wildman–Crippen LogP) is 5.70. The molecule has 11 heteroatoms. The molecule has 3 heterocycles. The van der Waals surface area contributed by atoms with Crippen LogP contribution >= 0.6 is 0 Å². The molecule has 4 aromatic rings. The quantitative estimate of drug-likeness (QED) is 0.283. The van der Waals surface area contributed by atoms with Crippen LogP contribution in [0.3, 0.4) is 0 Å². The molecule has 218 valence electrons. The fourth-order valence-electron chi connectivity index (χ4n) is 4.82. The van der Waals surface area contributed by atoms with Crippen molar-refractivity contribution in [1.29, 1.82) is 0 Å². The van der Waals surface area contributed by atoms with E-state index in [1.807, 2.05) is 14.0 Å². The number of likely N-dealkylation sites (N-methyl/N-ethyl adjacent to an activating group) is 1. The lowest BCUT2D eigenvalue weighted by Crippen LogP contribution is -2.44. The Morgan fingerprint density at radius 2 is 1.74 bits per heavy atom. The second-order valence-electron chi connectivity index (χ2n) is 10.3. The SMILES string of the molecule is CN=Cc1c(N)nc(-c2cccnc2)nc1Oc1cc(-c2ccc(CN3CCN(C)CC3)c(C(F)(F)F)c2)ccc1C. The minimum Gasteiger partial charge on any atom is -0.438 e. The van der Waals surface area contributed by atoms with Gasteiger partial charge in [-0.3, -0.25) is 14.9 Å². The van der Waals surface area contributed by atoms with Gasteiger partial charge >= 0.3 is 6.18 Å². The van der Waals surface area contributed by atoms with Gasteiger partial charge in [0.2, 0.25) is 5.88 Å². The van der Waals surface area contributed by atoms with E-state index in [4.69, 9.17) is 10.5 Å². The number of hydrogen-bond acceptors (Lipinski definition) is 8. The molecule has 0 atom stereocenters. The molecule has 0 unspecified atom stereocenters. The Kier molecular flexibility index (Phi) is 8.51. The molecular weight excluding hydrogens is 543 g/mol. The molecule has 0 bridgehead atoms. The number of nitrogens with two attached hydrogens (primary N) is 1. The molecule has 0 amide bonds. The van der Waals surface area contributed by atoms with Crippen molar-refractivity contribution < 1.29 is 17.9 Å². The fourth-order valence-corrected chi connectivity index (χ4v) is 4.82. The number of piperazine rings is 1. The standard InChI is InChI=1S/C31H32F3N7O/c1-20-6-7-22(21-8-9-24(26(15-21)31(32,33)34)19-41-13-11-40(3)12-14-41)16-27(20)42-30-25(18-36-2)28(35)38-29(39-30)23-5-4-10-37-17-23/h4-10,15-18H,11-14,19H2,1-3H3,(H2,35,38,39). The summed E-state index contributed by atoms with van der Waals surface area (Å²) in [6.07, 6.45) is 0.271. The van der Waals surface area contributed by atoms with Gasteiger partial charge in [-0.15, -0.1) is 0 Å². The normalized spacial score (nSPS) is 14.9. The summed E-state index contributed by atoms with van der Waals surface area (Å²) in [6, 6.07) is 13.4. The number of hydrogen-bond donors (Lipinski definition) is 1. The van der Waals surface area contributed by atoms with Crippen molar-refractivity contribution in [2.24, 2.45) is 4.99 Å². The molecule has 5 rings (SSSR count). The summed E-state index contributed by atoms with van der Waals surface area (Å²) in [5.41, 5.74) is 8.70. The number of aliphatic imine (C=N–C) groups is 1. The minimum atomic E-state index is -4.49. The van der Waals surface area contributed by atoms with E-state index in [0.717, 1.165) is 31.7 Å². The zero-order valence-corrected chi connectivity index (χ0v) is 23.7. The van der Waals surface area contributed by atoms with E-state index >= 15 is 0 Å². The number of rotatable bonds is 7. The van der Waals surface area contributed by atoms with Crippen molar-refractivity contribution in [1.82, 2.24) is 24.8 Å². The number of pyridine rings is 1. The fraction of sp³-hybridized carbons (Fsp3) is 0.290. The largest absolute Gasteiger partial charge is 0.438 e. The first kappa shape index (κ1) is 29.2. The number of alkyl halides is 3. The van der Waals surface area contributed by atoms with E-state index < -0.39 is 11.7 Å². The highest BCUT2D eigenvalue weighted by Crippen LogP contribution is 2.38. The third-order valence-electron chi connectivity index (χ3n) is 7.25. The van der Waals surface area contributed by atoms with Gasteiger partial charge in [-0.1, -0.05) is 24.3 Å². The number of nitrogen functional groups attached to an aromatic ring is 1. The van der Waals surface area contributed by atoms with Gasteiger partial charge in [-0.2, -0.15) is 18.2 Å². The third kappa shape index (κ3) is 6.58. The summed E-state index contributed by atoms with van der Waals surface area (Å²) in [5.74, 6) is 1.08. The maximum atomic E-state index is 14.2. The van der Waals surface area contributed by atoms with Crippen LogP contribution in [0.1, 0.15) is 22.3 Å². The van der Waals surface area contributed by atoms with Gasteiger partial charge in [0.05, 0.1) is 11.1 Å². The van der Waals surface area contributed by atoms with E-state index in [1.165, 1.54) is 12.3 Å². The van der Waals surface area contributed by atoms with Gasteiger partial charge < -0.3 is 15.4 Å². The van der Waals surface area contributed by atoms with Crippen LogP contribution < -0.4 is 10.5 Å². The van der Waals surface area contributed by atoms with E-state index in [2.05, 4.69) is 29.7 Å². The second-order valence-corrected chi connectivity index (χ2v) is 10.3. The Morgan fingerprint density at radius 3 is 2.43 bits per heavy atom. The highest BCUT2D eigenvalue weighted by molar-refractivity contribution is 5.89. The van der Waals surface area contributed by atoms with Crippen LogP contribution in [0.2, 0.25) is 0 Å². The minimum absolute atomic E-state index is 0.170. The lowest BCUT2D eigenvalue weighted by atomic mass is 9.97. The topological polar surface area (TPSA) is 92.8 Å². The van der Waals surface area contributed by atoms with Crippen LogP contribution in [-0.2, 0) is 12.7 Å². The van der Waals surface area contributed by atoms with Gasteiger partial charge in [-0.25, -0.2) is 4.98 Å². The Hall–Kier alpha value is -4.35. The molecule has 0 radical (unpaired) electrons. The van der Waals surface area contributed by atoms with E-state index in [1.54, 1.807) is 61.9 Å². The summed E-state index contributed by atoms with van der Waals surface area (Å²) >= 11 is 0. The Morgan fingerprint density at radius 1 is 1.00 bits per heavy atom. The van der Waals surface area contributed by atoms with E-state index in [-0.39, 0.29) is 23.8 Å². The molecule has 1 aliphatic rings. The number of ether oxygens (including phenoxy) is 1. The number of anilines is 1. The smallest absolute Gasteiger partial charge is 0.416 e. The van der Waals surface area contributed by atoms with E-state index in [0.29, 0.717) is 33.8 Å². The Balaban J connectivity index is 1.49. The van der Waals surface area contributed by atoms with Crippen LogP contribution in [0.4, 0.5) is 19.0 Å². The van der Waals surface area contributed by atoms with Gasteiger partial charge in [0.25, 0.3) is 0 Å². The lowest BCUT2D eigenvalue weighted by Gasteiger charge is -2.33. The average Bonchev–Trinajstić information content (AvgIpc) is 2.97. The summed E-state index contributed by atoms with van der Waals surface area (Å²) in [5, 5.41) is 0. The van der Waals surface area contributed by atoms with Gasteiger partial charge in [0.15, 0.2) is 5.82 Å². The number of aromatic nitrogens is 3. The summed E-state index contributed by atoms with van der Waals surface area (Å²) in [6.45, 7) is 5.23. The van der Waals surface area contributed by atoms with Crippen molar-refractivity contribution in [2.45, 2.75) is 19.6 Å². The van der Waals surface area contributed by atoms with Gasteiger partial charge in [0, 0.05) is 63.9 Å². The highest BCUT2D eigenvalue weighted by atomic mass is 19.4. The maximum Gasteiger partial charge on any atom is 0.416 e. The van der Waals surface area contributed by atoms with Crippen LogP contribution in [0, 0.1) is 6.92 Å². The third-order valence-corrected chi connectivity index (χ3v) is 7.25. The molecule has 1 fully saturated rings. The predicted molar refractivity (Wildman–Crippen MR) is 158 cm³/mol. The first-order valence-corrected chi connectivity index (χ1v) is 13.5. The summed E-state index contributed by atoms with van der Waals surface area (Å²) < 4.78 is 48.9. The average molecular weight is 576 g/mol. The molecule has 2 N–H and O–H groups in total. The molecule has 2 aromatic heterocycles. The molecule has 8 nitrogen and oxygen atoms in total. The number of aryl methyl sites for hydroxylation is 1. The van der Waals surface area contributed by atoms with Crippen molar-refractivity contribution >= 4 is 12.0 Å². The van der Waals surface area contributed by atoms with Crippen LogP contribution in [-0.4, -0.2) is 71.2 Å². The molecule has 42 heavy (non-hydrogen) atoms. The second kappa shape index (κ2) is 12.3. The highest BCUT2D eigenvalue weighted by Gasteiger charge is 2.34. The van der Waals surface area contributed by atoms with Crippen molar-refractivity contribution in [3.63, 3.8) is 0 Å². The number of halogens is 3. The molecule has 0 spiro atoms. The molecule has 1 aliphatic heterocycles. The Bertz CT molecular complexity index is 1580. The lowest BCUT2D eigenvalue weighted by molar-refractivity contribution is -0.138. The van der Waals surface area contributed by atoms with Crippen molar-refractivity contribution in [2.75, 3.05) is 46.0 Å². The Labute approximate surface area is 242 Å².